The average molecular weight is 408 g/mol. The number of hydrogen-bond acceptors (Lipinski definition) is 4. The second-order valence-electron chi connectivity index (χ2n) is 7.88. The quantitative estimate of drug-likeness (QED) is 0.512. The van der Waals surface area contributed by atoms with Crippen LogP contribution in [-0.4, -0.2) is 51.7 Å². The standard InChI is InChI=1S/C22H25N5O3/c1-16-22(27(29)30)17(2)26(23-16)15-21(28)25-12-10-24(11-13-25)14-19-8-5-7-18-6-3-4-9-20(18)19/h3-9H,10-15H2,1-2H3/p+1. The number of fused-ring (bicyclic) bond motifs is 1. The van der Waals surface area contributed by atoms with E-state index in [1.165, 1.54) is 25.9 Å². The normalized spacial score (nSPS) is 14.9. The lowest BCUT2D eigenvalue weighted by molar-refractivity contribution is -0.917. The molecule has 1 aromatic heterocycles. The van der Waals surface area contributed by atoms with E-state index < -0.39 is 4.92 Å². The van der Waals surface area contributed by atoms with Crippen LogP contribution >= 0.6 is 0 Å². The summed E-state index contributed by atoms with van der Waals surface area (Å²) in [6, 6.07) is 14.8. The SMILES string of the molecule is Cc1nn(CC(=O)N2CC[NH+](Cc3cccc4ccccc34)CC2)c(C)c1[N+](=O)[O-]. The summed E-state index contributed by atoms with van der Waals surface area (Å²) in [5, 5.41) is 17.9. The summed E-state index contributed by atoms with van der Waals surface area (Å²) >= 11 is 0. The minimum absolute atomic E-state index is 0.00727. The number of amides is 1. The Balaban J connectivity index is 1.37. The first kappa shape index (κ1) is 20.0. The third-order valence-electron chi connectivity index (χ3n) is 5.95. The van der Waals surface area contributed by atoms with Gasteiger partial charge in [0.2, 0.25) is 5.91 Å². The Labute approximate surface area is 174 Å². The Bertz CT molecular complexity index is 1090. The zero-order chi connectivity index (χ0) is 21.3. The fourth-order valence-corrected chi connectivity index (χ4v) is 4.30. The van der Waals surface area contributed by atoms with Crippen LogP contribution in [0.1, 0.15) is 17.0 Å². The molecular formula is C22H26N5O3+. The maximum Gasteiger partial charge on any atom is 0.312 e. The molecule has 1 fully saturated rings. The molecule has 0 radical (unpaired) electrons. The van der Waals surface area contributed by atoms with Gasteiger partial charge in [0.05, 0.1) is 31.1 Å². The van der Waals surface area contributed by atoms with E-state index in [1.807, 2.05) is 4.90 Å². The minimum Gasteiger partial charge on any atom is -0.330 e. The lowest BCUT2D eigenvalue weighted by Crippen LogP contribution is -3.13. The number of rotatable bonds is 5. The zero-order valence-corrected chi connectivity index (χ0v) is 17.3. The monoisotopic (exact) mass is 408 g/mol. The molecule has 8 nitrogen and oxygen atoms in total. The molecule has 0 unspecified atom stereocenters. The van der Waals surface area contributed by atoms with Gasteiger partial charge in [0.25, 0.3) is 0 Å². The van der Waals surface area contributed by atoms with E-state index in [0.29, 0.717) is 24.5 Å². The Kier molecular flexibility index (Phi) is 5.50. The van der Waals surface area contributed by atoms with Crippen LogP contribution in [0.15, 0.2) is 42.5 Å². The number of nitrogens with zero attached hydrogens (tertiary/aromatic N) is 4. The first-order valence-electron chi connectivity index (χ1n) is 10.2. The first-order chi connectivity index (χ1) is 14.4. The summed E-state index contributed by atoms with van der Waals surface area (Å²) in [6.07, 6.45) is 0. The molecule has 1 amide bonds. The summed E-state index contributed by atoms with van der Waals surface area (Å²) < 4.78 is 1.45. The van der Waals surface area contributed by atoms with Crippen LogP contribution in [0.2, 0.25) is 0 Å². The predicted octanol–water partition coefficient (Wildman–Crippen LogP) is 1.49. The molecule has 1 saturated heterocycles. The fraction of sp³-hybridized carbons (Fsp3) is 0.364. The lowest BCUT2D eigenvalue weighted by Gasteiger charge is -2.32. The van der Waals surface area contributed by atoms with Gasteiger partial charge in [-0.2, -0.15) is 5.10 Å². The Morgan fingerprint density at radius 3 is 2.53 bits per heavy atom. The second-order valence-corrected chi connectivity index (χ2v) is 7.88. The highest BCUT2D eigenvalue weighted by atomic mass is 16.6. The molecule has 1 N–H and O–H groups in total. The Morgan fingerprint density at radius 1 is 1.13 bits per heavy atom. The number of piperazine rings is 1. The predicted molar refractivity (Wildman–Crippen MR) is 113 cm³/mol. The molecule has 0 atom stereocenters. The number of hydrogen-bond donors (Lipinski definition) is 1. The van der Waals surface area contributed by atoms with Crippen molar-refractivity contribution in [2.75, 3.05) is 26.2 Å². The van der Waals surface area contributed by atoms with Crippen molar-refractivity contribution in [3.63, 3.8) is 0 Å². The Hall–Kier alpha value is -3.26. The largest absolute Gasteiger partial charge is 0.330 e. The maximum atomic E-state index is 12.7. The summed E-state index contributed by atoms with van der Waals surface area (Å²) in [5.41, 5.74) is 2.09. The number of carbonyl (C=O) groups is 1. The van der Waals surface area contributed by atoms with Gasteiger partial charge in [-0.15, -0.1) is 0 Å². The number of nitro groups is 1. The summed E-state index contributed by atoms with van der Waals surface area (Å²) in [5.74, 6) is -0.0419. The van der Waals surface area contributed by atoms with Gasteiger partial charge < -0.3 is 9.80 Å². The lowest BCUT2D eigenvalue weighted by atomic mass is 10.0. The highest BCUT2D eigenvalue weighted by Gasteiger charge is 2.27. The van der Waals surface area contributed by atoms with E-state index in [0.717, 1.165) is 19.6 Å². The van der Waals surface area contributed by atoms with E-state index in [9.17, 15) is 14.9 Å². The van der Waals surface area contributed by atoms with Crippen LogP contribution < -0.4 is 4.90 Å². The molecule has 4 rings (SSSR count). The van der Waals surface area contributed by atoms with Crippen molar-refractivity contribution >= 4 is 22.4 Å². The van der Waals surface area contributed by atoms with E-state index in [2.05, 4.69) is 47.6 Å². The highest BCUT2D eigenvalue weighted by Crippen LogP contribution is 2.22. The number of carbonyl (C=O) groups excluding carboxylic acids is 1. The zero-order valence-electron chi connectivity index (χ0n) is 17.3. The van der Waals surface area contributed by atoms with Gasteiger partial charge in [-0.25, -0.2) is 0 Å². The van der Waals surface area contributed by atoms with Crippen molar-refractivity contribution in [3.8, 4) is 0 Å². The second kappa shape index (κ2) is 8.23. The van der Waals surface area contributed by atoms with Crippen molar-refractivity contribution in [3.05, 3.63) is 69.5 Å². The maximum absolute atomic E-state index is 12.7. The first-order valence-corrected chi connectivity index (χ1v) is 10.2. The van der Waals surface area contributed by atoms with Crippen molar-refractivity contribution < 1.29 is 14.6 Å². The van der Waals surface area contributed by atoms with E-state index in [-0.39, 0.29) is 18.1 Å². The van der Waals surface area contributed by atoms with E-state index >= 15 is 0 Å². The molecule has 1 aliphatic heterocycles. The number of benzene rings is 2. The molecule has 156 valence electrons. The van der Waals surface area contributed by atoms with Crippen molar-refractivity contribution in [2.45, 2.75) is 26.9 Å². The van der Waals surface area contributed by atoms with E-state index in [4.69, 9.17) is 0 Å². The van der Waals surface area contributed by atoms with Gasteiger partial charge in [-0.3, -0.25) is 19.6 Å². The molecule has 2 aromatic carbocycles. The van der Waals surface area contributed by atoms with Crippen LogP contribution in [0, 0.1) is 24.0 Å². The molecule has 0 bridgehead atoms. The smallest absolute Gasteiger partial charge is 0.312 e. The minimum atomic E-state index is -0.436. The average Bonchev–Trinajstić information content (AvgIpc) is 3.02. The van der Waals surface area contributed by atoms with Gasteiger partial charge in [0, 0.05) is 5.56 Å². The third kappa shape index (κ3) is 3.91. The number of quaternary nitrogens is 1. The van der Waals surface area contributed by atoms with Gasteiger partial charge >= 0.3 is 5.69 Å². The molecule has 1 aliphatic rings. The molecule has 3 aromatic rings. The van der Waals surface area contributed by atoms with E-state index in [1.54, 1.807) is 13.8 Å². The third-order valence-corrected chi connectivity index (χ3v) is 5.95. The summed E-state index contributed by atoms with van der Waals surface area (Å²) in [6.45, 7) is 7.34. The molecule has 0 spiro atoms. The van der Waals surface area contributed by atoms with Crippen LogP contribution in [0.5, 0.6) is 0 Å². The molecule has 2 heterocycles. The Morgan fingerprint density at radius 2 is 1.83 bits per heavy atom. The van der Waals surface area contributed by atoms with Crippen LogP contribution in [0.25, 0.3) is 10.8 Å². The van der Waals surface area contributed by atoms with Crippen molar-refractivity contribution in [1.29, 1.82) is 0 Å². The highest BCUT2D eigenvalue weighted by molar-refractivity contribution is 5.85. The number of aromatic nitrogens is 2. The van der Waals surface area contributed by atoms with Gasteiger partial charge in [-0.05, 0) is 24.6 Å². The van der Waals surface area contributed by atoms with Crippen LogP contribution in [-0.2, 0) is 17.9 Å². The van der Waals surface area contributed by atoms with Crippen LogP contribution in [0.3, 0.4) is 0 Å². The van der Waals surface area contributed by atoms with Crippen molar-refractivity contribution in [2.24, 2.45) is 0 Å². The summed E-state index contributed by atoms with van der Waals surface area (Å²) in [7, 11) is 0. The molecule has 0 aliphatic carbocycles. The number of aryl methyl sites for hydroxylation is 1. The molecule has 0 saturated carbocycles. The topological polar surface area (TPSA) is 85.7 Å². The van der Waals surface area contributed by atoms with Crippen molar-refractivity contribution in [1.82, 2.24) is 14.7 Å². The molecule has 30 heavy (non-hydrogen) atoms. The number of nitrogens with one attached hydrogen (secondary N) is 1. The van der Waals surface area contributed by atoms with Gasteiger partial charge in [0.1, 0.15) is 24.5 Å². The molecular weight excluding hydrogens is 382 g/mol. The van der Waals surface area contributed by atoms with Gasteiger partial charge in [-0.1, -0.05) is 42.5 Å². The van der Waals surface area contributed by atoms with Crippen LogP contribution in [0.4, 0.5) is 5.69 Å². The molecule has 8 heteroatoms. The summed E-state index contributed by atoms with van der Waals surface area (Å²) in [4.78, 5) is 26.8. The fourth-order valence-electron chi connectivity index (χ4n) is 4.30. The van der Waals surface area contributed by atoms with Gasteiger partial charge in [0.15, 0.2) is 0 Å².